The van der Waals surface area contributed by atoms with E-state index in [1.54, 1.807) is 11.8 Å². The van der Waals surface area contributed by atoms with E-state index in [9.17, 15) is 0 Å². The predicted octanol–water partition coefficient (Wildman–Crippen LogP) is 2.27. The van der Waals surface area contributed by atoms with Crippen LogP contribution in [0.3, 0.4) is 0 Å². The van der Waals surface area contributed by atoms with E-state index >= 15 is 0 Å². The lowest BCUT2D eigenvalue weighted by molar-refractivity contribution is 0.0410. The molecule has 16 heavy (non-hydrogen) atoms. The van der Waals surface area contributed by atoms with Gasteiger partial charge in [-0.25, -0.2) is 4.98 Å². The Balaban J connectivity index is 1.71. The summed E-state index contributed by atoms with van der Waals surface area (Å²) in [6.07, 6.45) is 0. The molecule has 1 aliphatic heterocycles. The Hall–Kier alpha value is -0.100. The van der Waals surface area contributed by atoms with Crippen LogP contribution in [0.2, 0.25) is 0 Å². The smallest absolute Gasteiger partial charge is 0.107 e. The number of nitrogens with zero attached hydrogens (tertiary/aromatic N) is 2. The minimum atomic E-state index is 0.875. The third kappa shape index (κ3) is 4.05. The molecule has 1 saturated heterocycles. The van der Waals surface area contributed by atoms with Crippen molar-refractivity contribution in [2.75, 3.05) is 38.6 Å². The lowest BCUT2D eigenvalue weighted by atomic mass is 10.4. The zero-order chi connectivity index (χ0) is 11.2. The van der Waals surface area contributed by atoms with Gasteiger partial charge in [-0.05, 0) is 28.1 Å². The minimum Gasteiger partial charge on any atom is -0.379 e. The monoisotopic (exact) mass is 302 g/mol. The average Bonchev–Trinajstić information content (AvgIpc) is 2.30. The van der Waals surface area contributed by atoms with E-state index in [-0.39, 0.29) is 0 Å². The second-order valence-electron chi connectivity index (χ2n) is 3.60. The van der Waals surface area contributed by atoms with Gasteiger partial charge in [-0.1, -0.05) is 6.07 Å². The van der Waals surface area contributed by atoms with E-state index in [0.29, 0.717) is 0 Å². The second-order valence-corrected chi connectivity index (χ2v) is 5.53. The molecule has 2 heterocycles. The zero-order valence-electron chi connectivity index (χ0n) is 9.06. The van der Waals surface area contributed by atoms with Crippen LogP contribution in [0.4, 0.5) is 0 Å². The summed E-state index contributed by atoms with van der Waals surface area (Å²) in [5.41, 5.74) is 0. The van der Waals surface area contributed by atoms with E-state index in [1.807, 2.05) is 12.1 Å². The van der Waals surface area contributed by atoms with Gasteiger partial charge in [-0.2, -0.15) is 0 Å². The Bertz CT molecular complexity index is 332. The van der Waals surface area contributed by atoms with E-state index in [0.717, 1.165) is 48.2 Å². The van der Waals surface area contributed by atoms with Crippen molar-refractivity contribution in [3.8, 4) is 0 Å². The molecule has 5 heteroatoms. The molecule has 88 valence electrons. The fourth-order valence-electron chi connectivity index (χ4n) is 1.57. The van der Waals surface area contributed by atoms with Gasteiger partial charge < -0.3 is 4.74 Å². The molecule has 0 atom stereocenters. The summed E-state index contributed by atoms with van der Waals surface area (Å²) in [5.74, 6) is 1.09. The summed E-state index contributed by atoms with van der Waals surface area (Å²) < 4.78 is 6.22. The Morgan fingerprint density at radius 1 is 1.38 bits per heavy atom. The molecule has 0 unspecified atom stereocenters. The summed E-state index contributed by atoms with van der Waals surface area (Å²) >= 11 is 5.18. The largest absolute Gasteiger partial charge is 0.379 e. The molecule has 0 N–H and O–H groups in total. The maximum absolute atomic E-state index is 5.31. The minimum absolute atomic E-state index is 0.875. The van der Waals surface area contributed by atoms with Crippen molar-refractivity contribution in [1.82, 2.24) is 9.88 Å². The first-order valence-corrected chi connectivity index (χ1v) is 7.18. The summed E-state index contributed by atoms with van der Waals surface area (Å²) in [5, 5.41) is 1.09. The van der Waals surface area contributed by atoms with Crippen molar-refractivity contribution < 1.29 is 4.74 Å². The van der Waals surface area contributed by atoms with Gasteiger partial charge in [0.1, 0.15) is 4.60 Å². The van der Waals surface area contributed by atoms with Crippen LogP contribution in [0, 0.1) is 0 Å². The van der Waals surface area contributed by atoms with Crippen molar-refractivity contribution in [3.05, 3.63) is 22.8 Å². The highest BCUT2D eigenvalue weighted by atomic mass is 79.9. The molecular weight excluding hydrogens is 288 g/mol. The lowest BCUT2D eigenvalue weighted by Gasteiger charge is -2.26. The van der Waals surface area contributed by atoms with E-state index in [2.05, 4.69) is 31.9 Å². The Kier molecular flexibility index (Phi) is 5.09. The maximum atomic E-state index is 5.31. The van der Waals surface area contributed by atoms with Crippen LogP contribution < -0.4 is 0 Å². The first kappa shape index (κ1) is 12.4. The molecule has 0 aromatic carbocycles. The van der Waals surface area contributed by atoms with Crippen LogP contribution in [0.15, 0.2) is 27.8 Å². The summed E-state index contributed by atoms with van der Waals surface area (Å²) in [7, 11) is 0. The molecule has 0 bridgehead atoms. The number of hydrogen-bond donors (Lipinski definition) is 0. The fourth-order valence-corrected chi connectivity index (χ4v) is 2.93. The number of thioether (sulfide) groups is 1. The van der Waals surface area contributed by atoms with E-state index in [1.165, 1.54) is 0 Å². The summed E-state index contributed by atoms with van der Waals surface area (Å²) in [6.45, 7) is 4.99. The van der Waals surface area contributed by atoms with Gasteiger partial charge in [-0.15, -0.1) is 11.8 Å². The molecule has 0 amide bonds. The van der Waals surface area contributed by atoms with Crippen LogP contribution in [0.1, 0.15) is 0 Å². The number of morpholine rings is 1. The quantitative estimate of drug-likeness (QED) is 0.629. The van der Waals surface area contributed by atoms with E-state index in [4.69, 9.17) is 4.74 Å². The van der Waals surface area contributed by atoms with Crippen LogP contribution in [-0.2, 0) is 4.74 Å². The van der Waals surface area contributed by atoms with E-state index < -0.39 is 0 Å². The molecule has 0 spiro atoms. The van der Waals surface area contributed by atoms with Crippen LogP contribution in [0.5, 0.6) is 0 Å². The highest BCUT2D eigenvalue weighted by molar-refractivity contribution is 9.10. The molecule has 1 aromatic heterocycles. The van der Waals surface area contributed by atoms with Crippen molar-refractivity contribution in [1.29, 1.82) is 0 Å². The summed E-state index contributed by atoms with van der Waals surface area (Å²) in [6, 6.07) is 6.02. The third-order valence-electron chi connectivity index (χ3n) is 2.45. The SMILES string of the molecule is Brc1cccc(SCCN2CCOCC2)n1. The number of ether oxygens (including phenoxy) is 1. The number of aromatic nitrogens is 1. The molecule has 3 nitrogen and oxygen atoms in total. The van der Waals surface area contributed by atoms with Gasteiger partial charge in [0.2, 0.25) is 0 Å². The number of halogens is 1. The molecule has 0 aliphatic carbocycles. The Morgan fingerprint density at radius 3 is 2.94 bits per heavy atom. The first-order chi connectivity index (χ1) is 7.84. The molecular formula is C11H15BrN2OS. The summed E-state index contributed by atoms with van der Waals surface area (Å²) in [4.78, 5) is 6.83. The predicted molar refractivity (Wildman–Crippen MR) is 69.9 cm³/mol. The molecule has 1 fully saturated rings. The molecule has 1 aliphatic rings. The molecule has 0 radical (unpaired) electrons. The third-order valence-corrected chi connectivity index (χ3v) is 3.80. The van der Waals surface area contributed by atoms with Gasteiger partial charge >= 0.3 is 0 Å². The van der Waals surface area contributed by atoms with Crippen LogP contribution >= 0.6 is 27.7 Å². The van der Waals surface area contributed by atoms with Crippen LogP contribution in [-0.4, -0.2) is 48.5 Å². The van der Waals surface area contributed by atoms with Crippen LogP contribution in [0.25, 0.3) is 0 Å². The number of rotatable bonds is 4. The van der Waals surface area contributed by atoms with Gasteiger partial charge in [0, 0.05) is 25.4 Å². The van der Waals surface area contributed by atoms with Gasteiger partial charge in [-0.3, -0.25) is 4.90 Å². The number of hydrogen-bond acceptors (Lipinski definition) is 4. The van der Waals surface area contributed by atoms with Crippen molar-refractivity contribution in [2.45, 2.75) is 5.03 Å². The topological polar surface area (TPSA) is 25.4 Å². The highest BCUT2D eigenvalue weighted by Crippen LogP contribution is 2.17. The lowest BCUT2D eigenvalue weighted by Crippen LogP contribution is -2.37. The molecule has 2 rings (SSSR count). The standard InChI is InChI=1S/C11H15BrN2OS/c12-10-2-1-3-11(13-10)16-9-6-14-4-7-15-8-5-14/h1-3H,4-9H2. The second kappa shape index (κ2) is 6.59. The van der Waals surface area contributed by atoms with Gasteiger partial charge in [0.15, 0.2) is 0 Å². The Labute approximate surface area is 109 Å². The Morgan fingerprint density at radius 2 is 2.19 bits per heavy atom. The fraction of sp³-hybridized carbons (Fsp3) is 0.545. The molecule has 0 saturated carbocycles. The average molecular weight is 303 g/mol. The zero-order valence-corrected chi connectivity index (χ0v) is 11.5. The van der Waals surface area contributed by atoms with Crippen molar-refractivity contribution in [3.63, 3.8) is 0 Å². The van der Waals surface area contributed by atoms with Gasteiger partial charge in [0.25, 0.3) is 0 Å². The highest BCUT2D eigenvalue weighted by Gasteiger charge is 2.09. The van der Waals surface area contributed by atoms with Gasteiger partial charge in [0.05, 0.1) is 18.2 Å². The van der Waals surface area contributed by atoms with Crippen molar-refractivity contribution in [2.24, 2.45) is 0 Å². The normalized spacial score (nSPS) is 17.6. The first-order valence-electron chi connectivity index (χ1n) is 5.40. The number of pyridine rings is 1. The van der Waals surface area contributed by atoms with Crippen molar-refractivity contribution >= 4 is 27.7 Å². The molecule has 1 aromatic rings. The maximum Gasteiger partial charge on any atom is 0.107 e.